The summed E-state index contributed by atoms with van der Waals surface area (Å²) in [7, 11) is 1.49. The van der Waals surface area contributed by atoms with Crippen molar-refractivity contribution in [2.24, 2.45) is 22.7 Å². The monoisotopic (exact) mass is 316 g/mol. The summed E-state index contributed by atoms with van der Waals surface area (Å²) in [4.78, 5) is 12.3. The third-order valence-corrected chi connectivity index (χ3v) is 6.89. The molecule has 128 valence electrons. The number of hydrogen-bond donors (Lipinski definition) is 0. The SMILES string of the molecule is C=CC(=C)CC[C@@]1(C)[C@H](C)CC[C@]2(C)C(C(=O)OC)=CCC[C@H]12. The van der Waals surface area contributed by atoms with E-state index in [0.29, 0.717) is 11.8 Å². The Morgan fingerprint density at radius 1 is 1.43 bits per heavy atom. The number of ether oxygens (including phenoxy) is 1. The molecule has 1 saturated carbocycles. The fraction of sp³-hybridized carbons (Fsp3) is 0.667. The zero-order valence-corrected chi connectivity index (χ0v) is 15.3. The molecule has 0 aromatic rings. The average Bonchev–Trinajstić information content (AvgIpc) is 2.55. The van der Waals surface area contributed by atoms with E-state index < -0.39 is 0 Å². The lowest BCUT2D eigenvalue weighted by Gasteiger charge is -2.57. The van der Waals surface area contributed by atoms with E-state index in [9.17, 15) is 4.79 Å². The second kappa shape index (κ2) is 6.67. The lowest BCUT2D eigenvalue weighted by Crippen LogP contribution is -2.51. The molecule has 2 rings (SSSR count). The van der Waals surface area contributed by atoms with Crippen LogP contribution in [0.4, 0.5) is 0 Å². The van der Waals surface area contributed by atoms with Crippen LogP contribution in [0.15, 0.2) is 36.5 Å². The molecule has 1 fully saturated rings. The molecule has 0 spiro atoms. The van der Waals surface area contributed by atoms with E-state index in [1.165, 1.54) is 20.0 Å². The predicted octanol–water partition coefficient (Wildman–Crippen LogP) is 5.46. The molecule has 0 amide bonds. The van der Waals surface area contributed by atoms with Crippen LogP contribution in [0.1, 0.15) is 59.3 Å². The van der Waals surface area contributed by atoms with Gasteiger partial charge in [0.15, 0.2) is 0 Å². The van der Waals surface area contributed by atoms with Gasteiger partial charge < -0.3 is 4.74 Å². The Morgan fingerprint density at radius 2 is 2.13 bits per heavy atom. The van der Waals surface area contributed by atoms with Crippen LogP contribution in [-0.4, -0.2) is 13.1 Å². The second-order valence-electron chi connectivity index (χ2n) is 7.96. The van der Waals surface area contributed by atoms with E-state index in [4.69, 9.17) is 4.74 Å². The van der Waals surface area contributed by atoms with E-state index in [2.05, 4.69) is 40.0 Å². The quantitative estimate of drug-likeness (QED) is 0.497. The first-order valence-electron chi connectivity index (χ1n) is 8.88. The normalized spacial score (nSPS) is 36.6. The fourth-order valence-electron chi connectivity index (χ4n) is 5.07. The molecular formula is C21H32O2. The first-order chi connectivity index (χ1) is 10.8. The highest BCUT2D eigenvalue weighted by atomic mass is 16.5. The number of allylic oxidation sites excluding steroid dienone is 3. The van der Waals surface area contributed by atoms with Gasteiger partial charge in [0, 0.05) is 11.0 Å². The molecule has 0 aromatic carbocycles. The Hall–Kier alpha value is -1.31. The van der Waals surface area contributed by atoms with Gasteiger partial charge in [0.25, 0.3) is 0 Å². The Bertz CT molecular complexity index is 530. The lowest BCUT2D eigenvalue weighted by molar-refractivity contribution is -0.140. The minimum atomic E-state index is -0.135. The number of methoxy groups -OCH3 is 1. The molecule has 0 aliphatic heterocycles. The molecule has 0 N–H and O–H groups in total. The summed E-state index contributed by atoms with van der Waals surface area (Å²) in [5.74, 6) is 1.05. The molecule has 2 heteroatoms. The first kappa shape index (κ1) is 18.0. The summed E-state index contributed by atoms with van der Waals surface area (Å²) >= 11 is 0. The third kappa shape index (κ3) is 3.05. The molecule has 0 radical (unpaired) electrons. The van der Waals surface area contributed by atoms with Crippen LogP contribution in [0.3, 0.4) is 0 Å². The minimum Gasteiger partial charge on any atom is -0.466 e. The Labute approximate surface area is 141 Å². The van der Waals surface area contributed by atoms with Gasteiger partial charge in [-0.15, -0.1) is 0 Å². The van der Waals surface area contributed by atoms with Gasteiger partial charge in [0.2, 0.25) is 0 Å². The van der Waals surface area contributed by atoms with Crippen molar-refractivity contribution in [2.45, 2.75) is 59.3 Å². The summed E-state index contributed by atoms with van der Waals surface area (Å²) in [6.45, 7) is 15.0. The van der Waals surface area contributed by atoms with Crippen LogP contribution in [0.25, 0.3) is 0 Å². The minimum absolute atomic E-state index is 0.0535. The maximum atomic E-state index is 12.3. The van der Waals surface area contributed by atoms with Crippen LogP contribution in [0.5, 0.6) is 0 Å². The predicted molar refractivity (Wildman–Crippen MR) is 96.0 cm³/mol. The molecule has 23 heavy (non-hydrogen) atoms. The maximum Gasteiger partial charge on any atom is 0.333 e. The highest BCUT2D eigenvalue weighted by Gasteiger charge is 2.55. The van der Waals surface area contributed by atoms with E-state index in [1.807, 2.05) is 6.08 Å². The standard InChI is InChI=1S/C21H32O2/c1-7-15(2)11-13-20(4)16(3)12-14-21(5)17(19(22)23-6)9-8-10-18(20)21/h7,9,16,18H,1-2,8,10-14H2,3-6H3/t16-,18-,20+,21-/m1/s1. The summed E-state index contributed by atoms with van der Waals surface area (Å²) in [6.07, 6.45) is 10.5. The van der Waals surface area contributed by atoms with Crippen molar-refractivity contribution >= 4 is 5.97 Å². The molecule has 0 aromatic heterocycles. The van der Waals surface area contributed by atoms with Gasteiger partial charge in [-0.3, -0.25) is 0 Å². The molecule has 2 aliphatic carbocycles. The maximum absolute atomic E-state index is 12.3. The first-order valence-corrected chi connectivity index (χ1v) is 8.88. The zero-order chi connectivity index (χ0) is 17.3. The number of esters is 1. The number of hydrogen-bond acceptors (Lipinski definition) is 2. The topological polar surface area (TPSA) is 26.3 Å². The van der Waals surface area contributed by atoms with Crippen molar-refractivity contribution in [2.75, 3.05) is 7.11 Å². The largest absolute Gasteiger partial charge is 0.466 e. The number of rotatable bonds is 5. The Kier molecular flexibility index (Phi) is 5.23. The molecule has 0 unspecified atom stereocenters. The van der Waals surface area contributed by atoms with E-state index >= 15 is 0 Å². The summed E-state index contributed by atoms with van der Waals surface area (Å²) < 4.78 is 5.08. The Morgan fingerprint density at radius 3 is 2.74 bits per heavy atom. The van der Waals surface area contributed by atoms with Gasteiger partial charge in [0.1, 0.15) is 0 Å². The zero-order valence-electron chi connectivity index (χ0n) is 15.3. The van der Waals surface area contributed by atoms with E-state index in [1.54, 1.807) is 0 Å². The van der Waals surface area contributed by atoms with Gasteiger partial charge in [-0.05, 0) is 55.8 Å². The van der Waals surface area contributed by atoms with Gasteiger partial charge in [-0.1, -0.05) is 51.7 Å². The smallest absolute Gasteiger partial charge is 0.333 e. The number of carbonyl (C=O) groups is 1. The van der Waals surface area contributed by atoms with Crippen LogP contribution >= 0.6 is 0 Å². The fourth-order valence-corrected chi connectivity index (χ4v) is 5.07. The van der Waals surface area contributed by atoms with Crippen molar-refractivity contribution < 1.29 is 9.53 Å². The Balaban J connectivity index is 2.34. The van der Waals surface area contributed by atoms with Gasteiger partial charge in [-0.25, -0.2) is 4.79 Å². The highest BCUT2D eigenvalue weighted by molar-refractivity contribution is 5.90. The van der Waals surface area contributed by atoms with Crippen LogP contribution in [-0.2, 0) is 9.53 Å². The number of carbonyl (C=O) groups excluding carboxylic acids is 1. The van der Waals surface area contributed by atoms with E-state index in [0.717, 1.165) is 36.8 Å². The number of fused-ring (bicyclic) bond motifs is 1. The molecule has 4 atom stereocenters. The summed E-state index contributed by atoms with van der Waals surface area (Å²) in [5, 5.41) is 0. The van der Waals surface area contributed by atoms with Crippen molar-refractivity contribution in [3.63, 3.8) is 0 Å². The van der Waals surface area contributed by atoms with Crippen LogP contribution in [0.2, 0.25) is 0 Å². The van der Waals surface area contributed by atoms with Crippen LogP contribution < -0.4 is 0 Å². The molecule has 0 bridgehead atoms. The van der Waals surface area contributed by atoms with Crippen molar-refractivity contribution in [1.29, 1.82) is 0 Å². The van der Waals surface area contributed by atoms with E-state index in [-0.39, 0.29) is 16.8 Å². The summed E-state index contributed by atoms with van der Waals surface area (Å²) in [6, 6.07) is 0. The van der Waals surface area contributed by atoms with Crippen molar-refractivity contribution in [1.82, 2.24) is 0 Å². The average molecular weight is 316 g/mol. The summed E-state index contributed by atoms with van der Waals surface area (Å²) in [5.41, 5.74) is 2.20. The molecule has 0 saturated heterocycles. The third-order valence-electron chi connectivity index (χ3n) is 6.89. The van der Waals surface area contributed by atoms with Gasteiger partial charge >= 0.3 is 5.97 Å². The lowest BCUT2D eigenvalue weighted by atomic mass is 9.46. The van der Waals surface area contributed by atoms with Gasteiger partial charge in [-0.2, -0.15) is 0 Å². The molecule has 2 nitrogen and oxygen atoms in total. The van der Waals surface area contributed by atoms with Gasteiger partial charge in [0.05, 0.1) is 7.11 Å². The molecule has 2 aliphatic rings. The highest BCUT2D eigenvalue weighted by Crippen LogP contribution is 2.62. The molecular weight excluding hydrogens is 284 g/mol. The second-order valence-corrected chi connectivity index (χ2v) is 7.96. The van der Waals surface area contributed by atoms with Crippen LogP contribution in [0, 0.1) is 22.7 Å². The van der Waals surface area contributed by atoms with Crippen molar-refractivity contribution in [3.05, 3.63) is 36.5 Å². The van der Waals surface area contributed by atoms with Crippen molar-refractivity contribution in [3.8, 4) is 0 Å². The molecule has 0 heterocycles.